The lowest BCUT2D eigenvalue weighted by Gasteiger charge is -2.01. The predicted octanol–water partition coefficient (Wildman–Crippen LogP) is 1.17. The number of nitrogens with one attached hydrogen (secondary N) is 1. The first-order valence-electron chi connectivity index (χ1n) is 5.57. The fourth-order valence-electron chi connectivity index (χ4n) is 1.62. The monoisotopic (exact) mass is 261 g/mol. The van der Waals surface area contributed by atoms with Crippen LogP contribution in [0.5, 0.6) is 5.75 Å². The molecule has 2 N–H and O–H groups in total. The minimum Gasteiger partial charge on any atom is -0.503 e. The van der Waals surface area contributed by atoms with Gasteiger partial charge in [-0.15, -0.1) is 0 Å². The summed E-state index contributed by atoms with van der Waals surface area (Å²) in [4.78, 5) is 21.0. The van der Waals surface area contributed by atoms with Gasteiger partial charge in [-0.1, -0.05) is 12.1 Å². The molecule has 7 heteroatoms. The maximum Gasteiger partial charge on any atom is 0.306 e. The maximum atomic E-state index is 10.9. The predicted molar refractivity (Wildman–Crippen MR) is 67.0 cm³/mol. The number of benzene rings is 1. The van der Waals surface area contributed by atoms with Crippen molar-refractivity contribution in [1.29, 1.82) is 0 Å². The molecule has 19 heavy (non-hydrogen) atoms. The van der Waals surface area contributed by atoms with E-state index in [0.29, 0.717) is 18.5 Å². The number of rotatable bonds is 4. The topological polar surface area (TPSA) is 109 Å². The average Bonchev–Trinajstić information content (AvgIpc) is 2.40. The van der Waals surface area contributed by atoms with Crippen LogP contribution in [0.15, 0.2) is 35.1 Å². The molecule has 98 valence electrons. The van der Waals surface area contributed by atoms with Crippen molar-refractivity contribution < 1.29 is 10.0 Å². The lowest BCUT2D eigenvalue weighted by atomic mass is 10.1. The third-order valence-corrected chi connectivity index (χ3v) is 2.65. The molecular weight excluding hydrogens is 250 g/mol. The van der Waals surface area contributed by atoms with Gasteiger partial charge in [-0.25, -0.2) is 5.10 Å². The first-order chi connectivity index (χ1) is 9.06. The number of nitro groups is 1. The molecule has 0 aliphatic carbocycles. The highest BCUT2D eigenvalue weighted by molar-refractivity contribution is 5.33. The number of aromatic amines is 1. The zero-order chi connectivity index (χ0) is 13.8. The summed E-state index contributed by atoms with van der Waals surface area (Å²) in [5.41, 5.74) is 0.885. The maximum absolute atomic E-state index is 10.9. The van der Waals surface area contributed by atoms with E-state index in [4.69, 9.17) is 0 Å². The highest BCUT2D eigenvalue weighted by Crippen LogP contribution is 2.13. The van der Waals surface area contributed by atoms with Gasteiger partial charge in [-0.3, -0.25) is 14.9 Å². The van der Waals surface area contributed by atoms with Crippen molar-refractivity contribution in [3.05, 3.63) is 62.1 Å². The van der Waals surface area contributed by atoms with E-state index in [0.717, 1.165) is 5.56 Å². The number of hydrogen-bond acceptors (Lipinski definition) is 5. The fourth-order valence-corrected chi connectivity index (χ4v) is 1.62. The van der Waals surface area contributed by atoms with Crippen molar-refractivity contribution in [3.63, 3.8) is 0 Å². The number of nitro benzene ring substituents is 1. The largest absolute Gasteiger partial charge is 0.503 e. The highest BCUT2D eigenvalue weighted by atomic mass is 16.6. The molecule has 0 bridgehead atoms. The molecule has 0 atom stereocenters. The number of aromatic nitrogens is 2. The second-order valence-electron chi connectivity index (χ2n) is 4.00. The highest BCUT2D eigenvalue weighted by Gasteiger charge is 2.05. The van der Waals surface area contributed by atoms with Crippen molar-refractivity contribution in [1.82, 2.24) is 10.2 Å². The van der Waals surface area contributed by atoms with Gasteiger partial charge < -0.3 is 5.11 Å². The van der Waals surface area contributed by atoms with Crippen LogP contribution in [0.1, 0.15) is 11.3 Å². The van der Waals surface area contributed by atoms with Crippen molar-refractivity contribution in [2.45, 2.75) is 12.8 Å². The zero-order valence-corrected chi connectivity index (χ0v) is 9.87. The second-order valence-corrected chi connectivity index (χ2v) is 4.00. The van der Waals surface area contributed by atoms with Gasteiger partial charge in [0, 0.05) is 18.2 Å². The molecule has 0 aliphatic rings. The lowest BCUT2D eigenvalue weighted by molar-refractivity contribution is -0.384. The minimum absolute atomic E-state index is 0.0450. The standard InChI is InChI=1S/C12H11N3O4/c16-11-7-9(13-14-12(11)17)4-1-8-2-5-10(6-3-8)15(18)19/h2-3,5-7H,1,4H2,(H,13,16)(H,14,17). The molecule has 7 nitrogen and oxygen atoms in total. The Balaban J connectivity index is 2.03. The van der Waals surface area contributed by atoms with Crippen LogP contribution in [-0.2, 0) is 12.8 Å². The third kappa shape index (κ3) is 3.15. The van der Waals surface area contributed by atoms with E-state index in [-0.39, 0.29) is 11.4 Å². The summed E-state index contributed by atoms with van der Waals surface area (Å²) < 4.78 is 0. The smallest absolute Gasteiger partial charge is 0.306 e. The third-order valence-electron chi connectivity index (χ3n) is 2.65. The first kappa shape index (κ1) is 12.7. The molecule has 0 saturated heterocycles. The molecule has 0 radical (unpaired) electrons. The van der Waals surface area contributed by atoms with E-state index in [9.17, 15) is 20.0 Å². The van der Waals surface area contributed by atoms with E-state index in [1.807, 2.05) is 0 Å². The number of hydrogen-bond donors (Lipinski definition) is 2. The lowest BCUT2D eigenvalue weighted by Crippen LogP contribution is -2.09. The van der Waals surface area contributed by atoms with Crippen LogP contribution < -0.4 is 5.56 Å². The van der Waals surface area contributed by atoms with Crippen molar-refractivity contribution in [3.8, 4) is 5.75 Å². The summed E-state index contributed by atoms with van der Waals surface area (Å²) in [7, 11) is 0. The summed E-state index contributed by atoms with van der Waals surface area (Å²) in [6.45, 7) is 0. The van der Waals surface area contributed by atoms with Crippen LogP contribution >= 0.6 is 0 Å². The minimum atomic E-state index is -0.626. The van der Waals surface area contributed by atoms with Gasteiger partial charge in [-0.05, 0) is 18.4 Å². The van der Waals surface area contributed by atoms with Crippen LogP contribution in [0.4, 0.5) is 5.69 Å². The van der Waals surface area contributed by atoms with Gasteiger partial charge in [-0.2, -0.15) is 5.10 Å². The SMILES string of the molecule is O=c1[nH]nc(CCc2ccc([N+](=O)[O-])cc2)cc1O. The molecule has 0 unspecified atom stereocenters. The van der Waals surface area contributed by atoms with Crippen LogP contribution in [0, 0.1) is 10.1 Å². The quantitative estimate of drug-likeness (QED) is 0.634. The van der Waals surface area contributed by atoms with E-state index < -0.39 is 10.5 Å². The molecule has 0 aliphatic heterocycles. The number of non-ortho nitro benzene ring substituents is 1. The molecular formula is C12H11N3O4. The Labute approximate surface area is 107 Å². The van der Waals surface area contributed by atoms with Crippen molar-refractivity contribution >= 4 is 5.69 Å². The Morgan fingerprint density at radius 1 is 1.26 bits per heavy atom. The Morgan fingerprint density at radius 3 is 2.53 bits per heavy atom. The van der Waals surface area contributed by atoms with E-state index in [1.54, 1.807) is 12.1 Å². The van der Waals surface area contributed by atoms with Gasteiger partial charge in [0.05, 0.1) is 10.6 Å². The van der Waals surface area contributed by atoms with Gasteiger partial charge in [0.1, 0.15) is 0 Å². The Kier molecular flexibility index (Phi) is 3.56. The summed E-state index contributed by atoms with van der Waals surface area (Å²) in [5, 5.41) is 25.7. The van der Waals surface area contributed by atoms with E-state index >= 15 is 0 Å². The Bertz CT molecular complexity index is 649. The van der Waals surface area contributed by atoms with Gasteiger partial charge in [0.25, 0.3) is 5.69 Å². The molecule has 0 amide bonds. The first-order valence-corrected chi connectivity index (χ1v) is 5.57. The van der Waals surface area contributed by atoms with Crippen molar-refractivity contribution in [2.75, 3.05) is 0 Å². The summed E-state index contributed by atoms with van der Waals surface area (Å²) in [6.07, 6.45) is 1.12. The van der Waals surface area contributed by atoms with Gasteiger partial charge in [0.2, 0.25) is 0 Å². The number of aromatic hydroxyl groups is 1. The van der Waals surface area contributed by atoms with Crippen LogP contribution in [0.25, 0.3) is 0 Å². The Hall–Kier alpha value is -2.70. The molecule has 0 spiro atoms. The second kappa shape index (κ2) is 5.30. The molecule has 0 saturated carbocycles. The van der Waals surface area contributed by atoms with Crippen LogP contribution in [0.3, 0.4) is 0 Å². The van der Waals surface area contributed by atoms with Crippen LogP contribution in [-0.4, -0.2) is 20.2 Å². The average molecular weight is 261 g/mol. The summed E-state index contributed by atoms with van der Waals surface area (Å²) >= 11 is 0. The summed E-state index contributed by atoms with van der Waals surface area (Å²) in [6, 6.07) is 7.53. The van der Waals surface area contributed by atoms with Gasteiger partial charge in [0.15, 0.2) is 5.75 Å². The van der Waals surface area contributed by atoms with E-state index in [2.05, 4.69) is 10.2 Å². The number of aryl methyl sites for hydroxylation is 2. The molecule has 2 rings (SSSR count). The zero-order valence-electron chi connectivity index (χ0n) is 9.87. The normalized spacial score (nSPS) is 10.3. The molecule has 1 heterocycles. The molecule has 0 fully saturated rings. The van der Waals surface area contributed by atoms with E-state index in [1.165, 1.54) is 18.2 Å². The number of H-pyrrole nitrogens is 1. The Morgan fingerprint density at radius 2 is 1.95 bits per heavy atom. The molecule has 2 aromatic rings. The number of nitrogens with zero attached hydrogens (tertiary/aromatic N) is 2. The van der Waals surface area contributed by atoms with Gasteiger partial charge >= 0.3 is 5.56 Å². The summed E-state index contributed by atoms with van der Waals surface area (Å²) in [5.74, 6) is -0.367. The molecule has 1 aromatic carbocycles. The van der Waals surface area contributed by atoms with Crippen molar-refractivity contribution in [2.24, 2.45) is 0 Å². The van der Waals surface area contributed by atoms with Crippen LogP contribution in [0.2, 0.25) is 0 Å². The molecule has 1 aromatic heterocycles. The fraction of sp³-hybridized carbons (Fsp3) is 0.167.